The van der Waals surface area contributed by atoms with Crippen LogP contribution in [0.4, 0.5) is 4.39 Å². The Morgan fingerprint density at radius 1 is 1.30 bits per heavy atom. The van der Waals surface area contributed by atoms with Crippen molar-refractivity contribution in [1.29, 1.82) is 0 Å². The van der Waals surface area contributed by atoms with Crippen molar-refractivity contribution in [2.24, 2.45) is 5.73 Å². The minimum atomic E-state index is -0.725. The predicted molar refractivity (Wildman–Crippen MR) is 86.3 cm³/mol. The molecule has 1 rings (SSSR count). The highest BCUT2D eigenvalue weighted by molar-refractivity contribution is 5.83. The second kappa shape index (κ2) is 9.25. The van der Waals surface area contributed by atoms with Crippen LogP contribution in [0.5, 0.6) is 0 Å². The van der Waals surface area contributed by atoms with E-state index in [2.05, 4.69) is 5.32 Å². The lowest BCUT2D eigenvalue weighted by molar-refractivity contribution is -0.151. The van der Waals surface area contributed by atoms with Crippen molar-refractivity contribution in [3.05, 3.63) is 35.6 Å². The van der Waals surface area contributed by atoms with E-state index in [1.54, 1.807) is 26.0 Å². The number of amides is 1. The van der Waals surface area contributed by atoms with Crippen LogP contribution in [0.2, 0.25) is 0 Å². The van der Waals surface area contributed by atoms with Crippen molar-refractivity contribution in [2.75, 3.05) is 6.54 Å². The molecule has 1 aromatic rings. The molecule has 1 aromatic carbocycles. The molecule has 0 radical (unpaired) electrons. The Labute approximate surface area is 136 Å². The summed E-state index contributed by atoms with van der Waals surface area (Å²) in [6.07, 6.45) is 0.661. The fraction of sp³-hybridized carbons (Fsp3) is 0.529. The van der Waals surface area contributed by atoms with Gasteiger partial charge in [0.2, 0.25) is 5.91 Å². The van der Waals surface area contributed by atoms with E-state index < -0.39 is 12.0 Å². The molecule has 1 amide bonds. The molecule has 0 saturated heterocycles. The molecular weight excluding hydrogens is 299 g/mol. The summed E-state index contributed by atoms with van der Waals surface area (Å²) in [6, 6.07) is 5.53. The number of carbonyl (C=O) groups excluding carboxylic acids is 2. The van der Waals surface area contributed by atoms with Crippen molar-refractivity contribution >= 4 is 11.9 Å². The van der Waals surface area contributed by atoms with E-state index in [1.165, 1.54) is 19.1 Å². The molecule has 128 valence electrons. The predicted octanol–water partition coefficient (Wildman–Crippen LogP) is 2.10. The summed E-state index contributed by atoms with van der Waals surface area (Å²) in [6.45, 7) is 5.18. The number of hydrogen-bond acceptors (Lipinski definition) is 4. The Morgan fingerprint density at radius 3 is 2.52 bits per heavy atom. The van der Waals surface area contributed by atoms with Crippen LogP contribution in [-0.2, 0) is 14.3 Å². The summed E-state index contributed by atoms with van der Waals surface area (Å²) < 4.78 is 18.5. The Balaban J connectivity index is 2.74. The number of nitrogens with one attached hydrogen (secondary N) is 1. The van der Waals surface area contributed by atoms with Crippen molar-refractivity contribution in [1.82, 2.24) is 5.32 Å². The number of esters is 1. The van der Waals surface area contributed by atoms with Gasteiger partial charge in [-0.1, -0.05) is 12.1 Å². The zero-order valence-electron chi connectivity index (χ0n) is 13.8. The lowest BCUT2D eigenvalue weighted by Crippen LogP contribution is -2.42. The first-order valence-corrected chi connectivity index (χ1v) is 7.76. The summed E-state index contributed by atoms with van der Waals surface area (Å²) in [7, 11) is 0. The van der Waals surface area contributed by atoms with Crippen molar-refractivity contribution < 1.29 is 18.7 Å². The van der Waals surface area contributed by atoms with E-state index >= 15 is 0 Å². The van der Waals surface area contributed by atoms with E-state index in [4.69, 9.17) is 10.5 Å². The van der Waals surface area contributed by atoms with E-state index in [0.717, 1.165) is 5.56 Å². The zero-order valence-corrected chi connectivity index (χ0v) is 13.8. The van der Waals surface area contributed by atoms with E-state index in [9.17, 15) is 14.0 Å². The van der Waals surface area contributed by atoms with Crippen molar-refractivity contribution in [3.63, 3.8) is 0 Å². The third-order valence-electron chi connectivity index (χ3n) is 3.42. The third kappa shape index (κ3) is 6.78. The van der Waals surface area contributed by atoms with E-state index in [1.807, 2.05) is 0 Å². The number of hydrogen-bond donors (Lipinski definition) is 2. The summed E-state index contributed by atoms with van der Waals surface area (Å²) in [5, 5.41) is 2.60. The Morgan fingerprint density at radius 2 is 2.00 bits per heavy atom. The number of carbonyl (C=O) groups is 2. The number of ether oxygens (including phenoxy) is 1. The van der Waals surface area contributed by atoms with Gasteiger partial charge in [-0.15, -0.1) is 0 Å². The first kappa shape index (κ1) is 19.1. The van der Waals surface area contributed by atoms with Gasteiger partial charge >= 0.3 is 5.97 Å². The molecule has 3 N–H and O–H groups in total. The van der Waals surface area contributed by atoms with Crippen molar-refractivity contribution in [3.8, 4) is 0 Å². The largest absolute Gasteiger partial charge is 0.461 e. The summed E-state index contributed by atoms with van der Waals surface area (Å²) in [5.74, 6) is -1.18. The Hall–Kier alpha value is -1.95. The topological polar surface area (TPSA) is 81.4 Å². The van der Waals surface area contributed by atoms with E-state index in [-0.39, 0.29) is 23.7 Å². The number of nitrogens with two attached hydrogens (primary N) is 1. The molecule has 6 heteroatoms. The van der Waals surface area contributed by atoms with Gasteiger partial charge in [-0.2, -0.15) is 0 Å². The standard InChI is InChI=1S/C17H25FN2O3/c1-11(2)23-17(22)16(20-12(3)21)8-7-14(10-19)13-5-4-6-15(18)9-13/h4-6,9,11,14,16H,7-8,10,19H2,1-3H3,(H,20,21). The van der Waals surface area contributed by atoms with Gasteiger partial charge in [0.05, 0.1) is 6.10 Å². The average molecular weight is 324 g/mol. The Kier molecular flexibility index (Phi) is 7.68. The summed E-state index contributed by atoms with van der Waals surface area (Å²) >= 11 is 0. The third-order valence-corrected chi connectivity index (χ3v) is 3.42. The molecule has 23 heavy (non-hydrogen) atoms. The van der Waals surface area contributed by atoms with Crippen LogP contribution in [0.3, 0.4) is 0 Å². The highest BCUT2D eigenvalue weighted by atomic mass is 19.1. The average Bonchev–Trinajstić information content (AvgIpc) is 2.45. The van der Waals surface area contributed by atoms with Gasteiger partial charge in [0.15, 0.2) is 0 Å². The zero-order chi connectivity index (χ0) is 17.4. The maximum Gasteiger partial charge on any atom is 0.328 e. The van der Waals surface area contributed by atoms with Crippen LogP contribution in [0, 0.1) is 5.82 Å². The highest BCUT2D eigenvalue weighted by Crippen LogP contribution is 2.22. The molecule has 0 aromatic heterocycles. The molecule has 0 spiro atoms. The van der Waals surface area contributed by atoms with Gasteiger partial charge in [0.1, 0.15) is 11.9 Å². The molecule has 0 aliphatic rings. The number of halogens is 1. The van der Waals surface area contributed by atoms with Crippen LogP contribution < -0.4 is 11.1 Å². The van der Waals surface area contributed by atoms with E-state index in [0.29, 0.717) is 19.4 Å². The highest BCUT2D eigenvalue weighted by Gasteiger charge is 2.23. The molecule has 0 saturated carbocycles. The van der Waals surface area contributed by atoms with Crippen LogP contribution in [0.15, 0.2) is 24.3 Å². The minimum Gasteiger partial charge on any atom is -0.461 e. The molecule has 0 aliphatic carbocycles. The van der Waals surface area contributed by atoms with Gasteiger partial charge in [0, 0.05) is 6.92 Å². The van der Waals surface area contributed by atoms with Crippen molar-refractivity contribution in [2.45, 2.75) is 51.7 Å². The molecule has 5 nitrogen and oxygen atoms in total. The summed E-state index contributed by atoms with van der Waals surface area (Å²) in [4.78, 5) is 23.3. The van der Waals surface area contributed by atoms with Gasteiger partial charge in [0.25, 0.3) is 0 Å². The number of benzene rings is 1. The molecular formula is C17H25FN2O3. The smallest absolute Gasteiger partial charge is 0.328 e. The SMILES string of the molecule is CC(=O)NC(CCC(CN)c1cccc(F)c1)C(=O)OC(C)C. The lowest BCUT2D eigenvalue weighted by Gasteiger charge is -2.21. The fourth-order valence-corrected chi connectivity index (χ4v) is 2.36. The molecule has 0 heterocycles. The molecule has 0 aliphatic heterocycles. The minimum absolute atomic E-state index is 0.0891. The van der Waals surface area contributed by atoms with Crippen LogP contribution in [0.25, 0.3) is 0 Å². The second-order valence-corrected chi connectivity index (χ2v) is 5.80. The molecule has 0 fully saturated rings. The quantitative estimate of drug-likeness (QED) is 0.718. The van der Waals surface area contributed by atoms with Gasteiger partial charge in [-0.05, 0) is 56.8 Å². The molecule has 2 atom stereocenters. The van der Waals surface area contributed by atoms with Gasteiger partial charge in [-0.25, -0.2) is 9.18 Å². The van der Waals surface area contributed by atoms with Crippen LogP contribution in [-0.4, -0.2) is 30.6 Å². The maximum absolute atomic E-state index is 13.3. The first-order valence-electron chi connectivity index (χ1n) is 7.76. The lowest BCUT2D eigenvalue weighted by atomic mass is 9.92. The molecule has 0 bridgehead atoms. The maximum atomic E-state index is 13.3. The van der Waals surface area contributed by atoms with Gasteiger partial charge < -0.3 is 15.8 Å². The van der Waals surface area contributed by atoms with Crippen LogP contribution >= 0.6 is 0 Å². The number of rotatable bonds is 8. The van der Waals surface area contributed by atoms with Crippen LogP contribution in [0.1, 0.15) is 45.1 Å². The second-order valence-electron chi connectivity index (χ2n) is 5.80. The Bertz CT molecular complexity index is 534. The normalized spacial score (nSPS) is 13.5. The van der Waals surface area contributed by atoms with Gasteiger partial charge in [-0.3, -0.25) is 4.79 Å². The monoisotopic (exact) mass is 324 g/mol. The first-order chi connectivity index (χ1) is 10.8. The molecule has 2 unspecified atom stereocenters. The fourth-order valence-electron chi connectivity index (χ4n) is 2.36. The summed E-state index contributed by atoms with van der Waals surface area (Å²) in [5.41, 5.74) is 6.56.